The summed E-state index contributed by atoms with van der Waals surface area (Å²) in [5.41, 5.74) is 5.81. The fourth-order valence-electron chi connectivity index (χ4n) is 4.10. The van der Waals surface area contributed by atoms with E-state index in [2.05, 4.69) is 138 Å². The van der Waals surface area contributed by atoms with Gasteiger partial charge in [-0.3, -0.25) is 0 Å². The Kier molecular flexibility index (Phi) is 5.42. The van der Waals surface area contributed by atoms with Crippen LogP contribution in [0.15, 0.2) is 85.5 Å². The lowest BCUT2D eigenvalue weighted by molar-refractivity contribution is 0.492. The first-order valence-corrected chi connectivity index (χ1v) is 11.2. The zero-order valence-electron chi connectivity index (χ0n) is 19.7. The van der Waals surface area contributed by atoms with Crippen LogP contribution in [0.1, 0.15) is 11.1 Å². The lowest BCUT2D eigenvalue weighted by Gasteiger charge is -2.29. The van der Waals surface area contributed by atoms with Crippen molar-refractivity contribution in [2.45, 2.75) is 13.8 Å². The maximum atomic E-state index is 5.03. The number of rotatable bonds is 5. The van der Waals surface area contributed by atoms with Crippen molar-refractivity contribution in [3.63, 3.8) is 0 Å². The first kappa shape index (κ1) is 20.9. The lowest BCUT2D eigenvalue weighted by atomic mass is 10.1. The molecule has 168 valence electrons. The van der Waals surface area contributed by atoms with Crippen LogP contribution in [0.4, 0.5) is 28.7 Å². The lowest BCUT2D eigenvalue weighted by Crippen LogP contribution is -2.26. The molecule has 0 aliphatic carbocycles. The van der Waals surface area contributed by atoms with Crippen LogP contribution in [0.3, 0.4) is 0 Å². The molecule has 3 heterocycles. The van der Waals surface area contributed by atoms with Crippen molar-refractivity contribution in [1.29, 1.82) is 0 Å². The third-order valence-electron chi connectivity index (χ3n) is 5.97. The zero-order chi connectivity index (χ0) is 22.9. The van der Waals surface area contributed by atoms with Crippen LogP contribution in [-0.4, -0.2) is 42.2 Å². The van der Waals surface area contributed by atoms with E-state index in [0.717, 1.165) is 42.0 Å². The van der Waals surface area contributed by atoms with Gasteiger partial charge in [0.25, 0.3) is 0 Å². The van der Waals surface area contributed by atoms with Crippen LogP contribution in [0.25, 0.3) is 0 Å². The van der Waals surface area contributed by atoms with Crippen molar-refractivity contribution in [2.75, 3.05) is 42.1 Å². The van der Waals surface area contributed by atoms with Crippen LogP contribution in [-0.2, 0) is 0 Å². The van der Waals surface area contributed by atoms with Crippen LogP contribution < -0.4 is 14.7 Å². The molecule has 0 unspecified atom stereocenters. The highest BCUT2D eigenvalue weighted by Crippen LogP contribution is 2.38. The molecule has 0 fully saturated rings. The molecule has 2 aliphatic rings. The minimum Gasteiger partial charge on any atom is -0.361 e. The van der Waals surface area contributed by atoms with Gasteiger partial charge in [0.15, 0.2) is 0 Å². The second-order valence-corrected chi connectivity index (χ2v) is 8.88. The smallest absolute Gasteiger partial charge is 0.138 e. The topological polar surface area (TPSA) is 29.1 Å². The Morgan fingerprint density at radius 2 is 1.03 bits per heavy atom. The second-order valence-electron chi connectivity index (χ2n) is 8.88. The number of hydrogen-bond donors (Lipinski definition) is 0. The number of nitrogens with zero attached hydrogens (tertiary/aromatic N) is 6. The van der Waals surface area contributed by atoms with E-state index < -0.39 is 0 Å². The minimum atomic E-state index is 0.778. The summed E-state index contributed by atoms with van der Waals surface area (Å²) in [6.45, 7) is 5.80. The molecule has 0 N–H and O–H groups in total. The number of hydrogen-bond acceptors (Lipinski definition) is 6. The molecule has 5 rings (SSSR count). The molecule has 0 spiro atoms. The van der Waals surface area contributed by atoms with Crippen LogP contribution in [0.2, 0.25) is 0 Å². The van der Waals surface area contributed by atoms with Crippen LogP contribution >= 0.6 is 0 Å². The summed E-state index contributed by atoms with van der Waals surface area (Å²) in [6.07, 6.45) is 8.33. The molecule has 0 saturated heterocycles. The van der Waals surface area contributed by atoms with Gasteiger partial charge in [0, 0.05) is 62.4 Å². The number of aromatic nitrogens is 1. The Morgan fingerprint density at radius 1 is 0.606 bits per heavy atom. The number of anilines is 5. The standard InChI is InChI=1S/C27H30N6/c1-21-5-9-23(10-6-21)33(24-11-7-22(2)8-12-24)25-17-26(31-15-13-29(3)19-31)28-27(18-25)32-16-14-30(4)20-32/h5-18H,19-20H2,1-4H3. The first-order chi connectivity index (χ1) is 16.0. The quantitative estimate of drug-likeness (QED) is 0.520. The molecule has 2 aromatic carbocycles. The molecular weight excluding hydrogens is 408 g/mol. The highest BCUT2D eigenvalue weighted by molar-refractivity contribution is 5.80. The van der Waals surface area contributed by atoms with E-state index in [1.165, 1.54) is 11.1 Å². The Bertz CT molecular complexity index is 1090. The molecule has 6 heteroatoms. The predicted molar refractivity (Wildman–Crippen MR) is 137 cm³/mol. The molecule has 6 nitrogen and oxygen atoms in total. The molecule has 2 aliphatic heterocycles. The molecule has 3 aromatic rings. The largest absolute Gasteiger partial charge is 0.361 e. The Morgan fingerprint density at radius 3 is 1.39 bits per heavy atom. The second kappa shape index (κ2) is 8.54. The van der Waals surface area contributed by atoms with Gasteiger partial charge in [0.2, 0.25) is 0 Å². The van der Waals surface area contributed by atoms with Gasteiger partial charge in [-0.05, 0) is 38.1 Å². The number of benzene rings is 2. The Labute approximate surface area is 196 Å². The minimum absolute atomic E-state index is 0.778. The summed E-state index contributed by atoms with van der Waals surface area (Å²) >= 11 is 0. The molecule has 0 radical (unpaired) electrons. The summed E-state index contributed by atoms with van der Waals surface area (Å²) in [5, 5.41) is 0. The van der Waals surface area contributed by atoms with Gasteiger partial charge in [-0.2, -0.15) is 0 Å². The third-order valence-corrected chi connectivity index (χ3v) is 5.97. The fraction of sp³-hybridized carbons (Fsp3) is 0.222. The van der Waals surface area contributed by atoms with Crippen LogP contribution in [0.5, 0.6) is 0 Å². The van der Waals surface area contributed by atoms with Gasteiger partial charge >= 0.3 is 0 Å². The molecule has 0 bridgehead atoms. The average Bonchev–Trinajstić information content (AvgIpc) is 3.45. The van der Waals surface area contributed by atoms with E-state index in [1.807, 2.05) is 0 Å². The highest BCUT2D eigenvalue weighted by atomic mass is 15.4. The van der Waals surface area contributed by atoms with Gasteiger partial charge in [0.1, 0.15) is 11.6 Å². The Balaban J connectivity index is 1.65. The van der Waals surface area contributed by atoms with E-state index in [0.29, 0.717) is 0 Å². The normalized spacial score (nSPS) is 15.2. The van der Waals surface area contributed by atoms with Crippen molar-refractivity contribution < 1.29 is 0 Å². The van der Waals surface area contributed by atoms with E-state index >= 15 is 0 Å². The number of aryl methyl sites for hydroxylation is 2. The molecule has 0 amide bonds. The zero-order valence-corrected chi connectivity index (χ0v) is 19.7. The molecule has 1 aromatic heterocycles. The Hall–Kier alpha value is -3.93. The number of pyridine rings is 1. The van der Waals surface area contributed by atoms with Crippen molar-refractivity contribution in [3.8, 4) is 0 Å². The summed E-state index contributed by atoms with van der Waals surface area (Å²) in [7, 11) is 4.15. The third kappa shape index (κ3) is 4.37. The monoisotopic (exact) mass is 438 g/mol. The van der Waals surface area contributed by atoms with Gasteiger partial charge in [-0.25, -0.2) is 4.98 Å². The van der Waals surface area contributed by atoms with Crippen molar-refractivity contribution in [2.24, 2.45) is 0 Å². The SMILES string of the molecule is Cc1ccc(N(c2ccc(C)cc2)c2cc(N3C=CN(C)C3)nc(N3C=CN(C)C3)c2)cc1. The van der Waals surface area contributed by atoms with Gasteiger partial charge < -0.3 is 24.5 Å². The van der Waals surface area contributed by atoms with Crippen molar-refractivity contribution in [1.82, 2.24) is 14.8 Å². The molecule has 0 atom stereocenters. The fourth-order valence-corrected chi connectivity index (χ4v) is 4.10. The highest BCUT2D eigenvalue weighted by Gasteiger charge is 2.21. The van der Waals surface area contributed by atoms with E-state index in [1.54, 1.807) is 0 Å². The summed E-state index contributed by atoms with van der Waals surface area (Å²) < 4.78 is 0. The summed E-state index contributed by atoms with van der Waals surface area (Å²) in [4.78, 5) is 16.0. The van der Waals surface area contributed by atoms with E-state index in [-0.39, 0.29) is 0 Å². The van der Waals surface area contributed by atoms with Gasteiger partial charge in [0.05, 0.1) is 19.0 Å². The van der Waals surface area contributed by atoms with Crippen molar-refractivity contribution in [3.05, 3.63) is 96.6 Å². The predicted octanol–water partition coefficient (Wildman–Crippen LogP) is 5.53. The molecule has 33 heavy (non-hydrogen) atoms. The molecule has 0 saturated carbocycles. The average molecular weight is 439 g/mol. The van der Waals surface area contributed by atoms with E-state index in [4.69, 9.17) is 4.98 Å². The first-order valence-electron chi connectivity index (χ1n) is 11.2. The summed E-state index contributed by atoms with van der Waals surface area (Å²) in [5.74, 6) is 1.85. The maximum absolute atomic E-state index is 5.03. The van der Waals surface area contributed by atoms with Crippen molar-refractivity contribution >= 4 is 28.7 Å². The summed E-state index contributed by atoms with van der Waals surface area (Å²) in [6, 6.07) is 21.7. The van der Waals surface area contributed by atoms with Gasteiger partial charge in [-0.15, -0.1) is 0 Å². The molecular formula is C27H30N6. The maximum Gasteiger partial charge on any atom is 0.138 e. The van der Waals surface area contributed by atoms with E-state index in [9.17, 15) is 0 Å². The van der Waals surface area contributed by atoms with Crippen LogP contribution in [0, 0.1) is 13.8 Å². The van der Waals surface area contributed by atoms with Gasteiger partial charge in [-0.1, -0.05) is 35.4 Å².